The van der Waals surface area contributed by atoms with Crippen molar-refractivity contribution in [2.75, 3.05) is 6.54 Å². The van der Waals surface area contributed by atoms with E-state index in [1.807, 2.05) is 0 Å². The molecule has 0 bridgehead atoms. The third-order valence-corrected chi connectivity index (χ3v) is 3.83. The Morgan fingerprint density at radius 2 is 2.26 bits per heavy atom. The maximum atomic E-state index is 11.8. The van der Waals surface area contributed by atoms with E-state index < -0.39 is 10.0 Å². The Labute approximate surface area is 110 Å². The Balaban J connectivity index is 1.84. The number of rotatable bonds is 7. The molecule has 0 aliphatic carbocycles. The first-order valence-electron chi connectivity index (χ1n) is 5.79. The van der Waals surface area contributed by atoms with Gasteiger partial charge in [0.1, 0.15) is 18.2 Å². The molecule has 0 unspecified atom stereocenters. The summed E-state index contributed by atoms with van der Waals surface area (Å²) >= 11 is 0. The lowest BCUT2D eigenvalue weighted by atomic mass is 10.3. The Bertz CT molecular complexity index is 604. The van der Waals surface area contributed by atoms with Gasteiger partial charge >= 0.3 is 0 Å². The summed E-state index contributed by atoms with van der Waals surface area (Å²) in [4.78, 5) is 6.99. The molecular weight excluding hydrogens is 270 g/mol. The number of aromatic amines is 1. The van der Waals surface area contributed by atoms with Crippen LogP contribution in [0.2, 0.25) is 0 Å². The van der Waals surface area contributed by atoms with Crippen LogP contribution < -0.4 is 4.72 Å². The third-order valence-electron chi connectivity index (χ3n) is 2.49. The van der Waals surface area contributed by atoms with Crippen molar-refractivity contribution in [2.24, 2.45) is 0 Å². The van der Waals surface area contributed by atoms with E-state index in [-0.39, 0.29) is 24.0 Å². The van der Waals surface area contributed by atoms with Crippen LogP contribution in [-0.2, 0) is 23.1 Å². The number of imidazole rings is 1. The molecular formula is C11H15N3O4S. The minimum atomic E-state index is -3.65. The smallest absolute Gasteiger partial charge is 0.273 e. The molecule has 0 aliphatic rings. The summed E-state index contributed by atoms with van der Waals surface area (Å²) in [5.74, 6) is 1.04. The molecule has 104 valence electrons. The zero-order valence-corrected chi connectivity index (χ0v) is 11.0. The largest absolute Gasteiger partial charge is 0.446 e. The average Bonchev–Trinajstić information content (AvgIpc) is 3.05. The van der Waals surface area contributed by atoms with Crippen molar-refractivity contribution < 1.29 is 17.9 Å². The summed E-state index contributed by atoms with van der Waals surface area (Å²) in [6.07, 6.45) is 4.66. The third kappa shape index (κ3) is 3.66. The number of sulfonamides is 1. The SMILES string of the molecule is O=S(=O)(NCCCc1ncc[nH]1)c1ccc(CO)o1. The summed E-state index contributed by atoms with van der Waals surface area (Å²) < 4.78 is 31.0. The lowest BCUT2D eigenvalue weighted by molar-refractivity contribution is 0.236. The number of aliphatic hydroxyl groups excluding tert-OH is 1. The van der Waals surface area contributed by atoms with Crippen molar-refractivity contribution in [1.82, 2.24) is 14.7 Å². The number of aryl methyl sites for hydroxylation is 1. The fourth-order valence-electron chi connectivity index (χ4n) is 1.56. The Hall–Kier alpha value is -1.64. The summed E-state index contributed by atoms with van der Waals surface area (Å²) in [5, 5.41) is 8.63. The van der Waals surface area contributed by atoms with Crippen molar-refractivity contribution in [3.05, 3.63) is 36.1 Å². The van der Waals surface area contributed by atoms with Gasteiger partial charge in [-0.25, -0.2) is 18.1 Å². The minimum Gasteiger partial charge on any atom is -0.446 e. The number of aromatic nitrogens is 2. The fourth-order valence-corrected chi connectivity index (χ4v) is 2.58. The monoisotopic (exact) mass is 285 g/mol. The summed E-state index contributed by atoms with van der Waals surface area (Å²) in [6, 6.07) is 2.75. The van der Waals surface area contributed by atoms with Gasteiger partial charge in [0.2, 0.25) is 5.09 Å². The lowest BCUT2D eigenvalue weighted by Crippen LogP contribution is -2.24. The van der Waals surface area contributed by atoms with E-state index >= 15 is 0 Å². The van der Waals surface area contributed by atoms with E-state index in [1.165, 1.54) is 12.1 Å². The Morgan fingerprint density at radius 1 is 1.42 bits per heavy atom. The van der Waals surface area contributed by atoms with E-state index in [4.69, 9.17) is 9.52 Å². The summed E-state index contributed by atoms with van der Waals surface area (Å²) in [7, 11) is -3.65. The normalized spacial score (nSPS) is 11.8. The van der Waals surface area contributed by atoms with Crippen molar-refractivity contribution in [1.29, 1.82) is 0 Å². The molecule has 0 radical (unpaired) electrons. The fraction of sp³-hybridized carbons (Fsp3) is 0.364. The molecule has 8 heteroatoms. The number of hydrogen-bond donors (Lipinski definition) is 3. The maximum Gasteiger partial charge on any atom is 0.273 e. The van der Waals surface area contributed by atoms with Gasteiger partial charge in [0.15, 0.2) is 0 Å². The molecule has 0 saturated heterocycles. The summed E-state index contributed by atoms with van der Waals surface area (Å²) in [5.41, 5.74) is 0. The predicted molar refractivity (Wildman–Crippen MR) is 66.7 cm³/mol. The van der Waals surface area contributed by atoms with Gasteiger partial charge in [-0.05, 0) is 18.6 Å². The molecule has 0 aromatic carbocycles. The predicted octanol–water partition coefficient (Wildman–Crippen LogP) is 0.406. The first-order chi connectivity index (χ1) is 9.12. The highest BCUT2D eigenvalue weighted by molar-refractivity contribution is 7.89. The molecule has 7 nitrogen and oxygen atoms in total. The van der Waals surface area contributed by atoms with Crippen molar-refractivity contribution >= 4 is 10.0 Å². The van der Waals surface area contributed by atoms with Gasteiger partial charge in [0.25, 0.3) is 10.0 Å². The molecule has 0 fully saturated rings. The first kappa shape index (κ1) is 13.8. The van der Waals surface area contributed by atoms with Crippen molar-refractivity contribution in [2.45, 2.75) is 24.5 Å². The number of furan rings is 1. The zero-order chi connectivity index (χ0) is 13.7. The van der Waals surface area contributed by atoms with Gasteiger partial charge in [-0.2, -0.15) is 0 Å². The molecule has 2 rings (SSSR count). The topological polar surface area (TPSA) is 108 Å². The molecule has 2 aromatic rings. The quantitative estimate of drug-likeness (QED) is 0.638. The van der Waals surface area contributed by atoms with Crippen LogP contribution in [0.3, 0.4) is 0 Å². The second-order valence-electron chi connectivity index (χ2n) is 3.92. The average molecular weight is 285 g/mol. The highest BCUT2D eigenvalue weighted by Crippen LogP contribution is 2.13. The highest BCUT2D eigenvalue weighted by atomic mass is 32.2. The standard InChI is InChI=1S/C11H15N3O4S/c15-8-9-3-4-11(18-9)19(16,17)14-5-1-2-10-12-6-7-13-10/h3-4,6-7,14-15H,1-2,5,8H2,(H,12,13). The molecule has 2 aromatic heterocycles. The Kier molecular flexibility index (Phi) is 4.35. The van der Waals surface area contributed by atoms with Gasteiger partial charge in [0, 0.05) is 25.4 Å². The molecule has 0 saturated carbocycles. The zero-order valence-electron chi connectivity index (χ0n) is 10.2. The van der Waals surface area contributed by atoms with E-state index in [0.717, 1.165) is 5.82 Å². The number of nitrogens with one attached hydrogen (secondary N) is 2. The highest BCUT2D eigenvalue weighted by Gasteiger charge is 2.17. The van der Waals surface area contributed by atoms with Crippen LogP contribution in [0, 0.1) is 0 Å². The minimum absolute atomic E-state index is 0.186. The van der Waals surface area contributed by atoms with Crippen LogP contribution in [0.25, 0.3) is 0 Å². The second kappa shape index (κ2) is 6.00. The molecule has 0 spiro atoms. The van der Waals surface area contributed by atoms with Crippen LogP contribution in [0.15, 0.2) is 34.0 Å². The molecule has 0 amide bonds. The van der Waals surface area contributed by atoms with Gasteiger partial charge in [-0.3, -0.25) is 0 Å². The van der Waals surface area contributed by atoms with Gasteiger partial charge < -0.3 is 14.5 Å². The Morgan fingerprint density at radius 3 is 2.89 bits per heavy atom. The summed E-state index contributed by atoms with van der Waals surface area (Å²) in [6.45, 7) is -0.0355. The molecule has 2 heterocycles. The maximum absolute atomic E-state index is 11.8. The van der Waals surface area contributed by atoms with Crippen LogP contribution in [0.1, 0.15) is 18.0 Å². The van der Waals surface area contributed by atoms with Crippen molar-refractivity contribution in [3.63, 3.8) is 0 Å². The number of hydrogen-bond acceptors (Lipinski definition) is 5. The van der Waals surface area contributed by atoms with Crippen LogP contribution >= 0.6 is 0 Å². The molecule has 19 heavy (non-hydrogen) atoms. The molecule has 0 aliphatic heterocycles. The number of H-pyrrole nitrogens is 1. The van der Waals surface area contributed by atoms with E-state index in [2.05, 4.69) is 14.7 Å². The van der Waals surface area contributed by atoms with E-state index in [1.54, 1.807) is 12.4 Å². The van der Waals surface area contributed by atoms with Gasteiger partial charge in [-0.1, -0.05) is 0 Å². The van der Waals surface area contributed by atoms with Crippen LogP contribution in [0.5, 0.6) is 0 Å². The number of nitrogens with zero attached hydrogens (tertiary/aromatic N) is 1. The molecule has 0 atom stereocenters. The van der Waals surface area contributed by atoms with Crippen LogP contribution in [-0.4, -0.2) is 30.0 Å². The first-order valence-corrected chi connectivity index (χ1v) is 7.27. The lowest BCUT2D eigenvalue weighted by Gasteiger charge is -2.03. The van der Waals surface area contributed by atoms with E-state index in [0.29, 0.717) is 12.8 Å². The second-order valence-corrected chi connectivity index (χ2v) is 5.61. The number of aliphatic hydroxyl groups is 1. The van der Waals surface area contributed by atoms with E-state index in [9.17, 15) is 8.42 Å². The van der Waals surface area contributed by atoms with Crippen molar-refractivity contribution in [3.8, 4) is 0 Å². The molecule has 3 N–H and O–H groups in total. The van der Waals surface area contributed by atoms with Gasteiger partial charge in [0.05, 0.1) is 0 Å². The van der Waals surface area contributed by atoms with Crippen LogP contribution in [0.4, 0.5) is 0 Å². The van der Waals surface area contributed by atoms with Gasteiger partial charge in [-0.15, -0.1) is 0 Å².